The molecule has 11 heteroatoms. The van der Waals surface area contributed by atoms with E-state index in [9.17, 15) is 9.82 Å². The van der Waals surface area contributed by atoms with Crippen LogP contribution in [0.25, 0.3) is 22.2 Å². The van der Waals surface area contributed by atoms with Gasteiger partial charge in [0.15, 0.2) is 5.43 Å². The number of anilines is 2. The van der Waals surface area contributed by atoms with E-state index < -0.39 is 7.12 Å². The molecule has 6 rings (SSSR count). The number of hydrogen-bond acceptors (Lipinski definition) is 9. The minimum Gasteiger partial charge on any atom is -0.440 e. The quantitative estimate of drug-likeness (QED) is 0.251. The number of oxime groups is 1. The molecule has 1 atom stereocenters. The highest BCUT2D eigenvalue weighted by Crippen LogP contribution is 2.34. The molecule has 204 valence electrons. The van der Waals surface area contributed by atoms with Crippen LogP contribution in [0.2, 0.25) is 5.15 Å². The van der Waals surface area contributed by atoms with E-state index in [1.807, 2.05) is 45.0 Å². The van der Waals surface area contributed by atoms with Crippen LogP contribution in [0.5, 0.6) is 0 Å². The summed E-state index contributed by atoms with van der Waals surface area (Å²) in [6, 6.07) is 12.9. The number of hydrogen-bond donors (Lipinski definition) is 3. The number of nitrogens with one attached hydrogen (secondary N) is 2. The highest BCUT2D eigenvalue weighted by atomic mass is 35.5. The zero-order valence-corrected chi connectivity index (χ0v) is 23.2. The van der Waals surface area contributed by atoms with Gasteiger partial charge in [-0.3, -0.25) is 4.79 Å². The molecule has 40 heavy (non-hydrogen) atoms. The van der Waals surface area contributed by atoms with Crippen molar-refractivity contribution in [1.82, 2.24) is 10.3 Å². The molecule has 1 unspecified atom stereocenters. The lowest BCUT2D eigenvalue weighted by Gasteiger charge is -2.29. The second-order valence-electron chi connectivity index (χ2n) is 10.3. The topological polar surface area (TPSA) is 112 Å². The fraction of sp³-hybridized carbons (Fsp3) is 0.276. The van der Waals surface area contributed by atoms with Gasteiger partial charge in [0.2, 0.25) is 5.88 Å². The van der Waals surface area contributed by atoms with E-state index in [0.717, 1.165) is 54.1 Å². The summed E-state index contributed by atoms with van der Waals surface area (Å²) in [6.45, 7) is 9.09. The highest BCUT2D eigenvalue weighted by Gasteiger charge is 2.26. The highest BCUT2D eigenvalue weighted by molar-refractivity contribution is 6.62. The summed E-state index contributed by atoms with van der Waals surface area (Å²) >= 11 is 6.33. The first kappa shape index (κ1) is 26.4. The number of benzene rings is 2. The molecule has 4 aromatic rings. The van der Waals surface area contributed by atoms with Crippen molar-refractivity contribution in [2.24, 2.45) is 5.16 Å². The Hall–Kier alpha value is -3.86. The molecule has 3 N–H and O–H groups in total. The van der Waals surface area contributed by atoms with Crippen LogP contribution < -0.4 is 26.4 Å². The number of rotatable bonds is 5. The van der Waals surface area contributed by atoms with Gasteiger partial charge in [-0.2, -0.15) is 0 Å². The van der Waals surface area contributed by atoms with Crippen molar-refractivity contribution < 1.29 is 14.2 Å². The van der Waals surface area contributed by atoms with Crippen LogP contribution >= 0.6 is 11.6 Å². The molecule has 2 aromatic heterocycles. The number of fused-ring (bicyclic) bond motifs is 2. The third kappa shape index (κ3) is 4.83. The van der Waals surface area contributed by atoms with Gasteiger partial charge < -0.3 is 29.7 Å². The van der Waals surface area contributed by atoms with Crippen molar-refractivity contribution in [2.45, 2.75) is 26.8 Å². The van der Waals surface area contributed by atoms with Crippen LogP contribution in [0.4, 0.5) is 11.6 Å². The molecule has 0 amide bonds. The predicted molar refractivity (Wildman–Crippen MR) is 160 cm³/mol. The Morgan fingerprint density at radius 3 is 2.75 bits per heavy atom. The van der Waals surface area contributed by atoms with Crippen molar-refractivity contribution in [1.29, 1.82) is 0 Å². The van der Waals surface area contributed by atoms with E-state index in [2.05, 4.69) is 31.7 Å². The van der Waals surface area contributed by atoms with Gasteiger partial charge in [0.1, 0.15) is 10.7 Å². The summed E-state index contributed by atoms with van der Waals surface area (Å²) in [5.41, 5.74) is 6.61. The second-order valence-corrected chi connectivity index (χ2v) is 10.6. The Balaban J connectivity index is 1.42. The van der Waals surface area contributed by atoms with Crippen molar-refractivity contribution >= 4 is 52.9 Å². The van der Waals surface area contributed by atoms with Crippen LogP contribution in [0.1, 0.15) is 35.2 Å². The molecule has 2 aromatic carbocycles. The molecule has 0 bridgehead atoms. The lowest BCUT2D eigenvalue weighted by molar-refractivity contribution is 0.286. The predicted octanol–water partition coefficient (Wildman–Crippen LogP) is 3.76. The van der Waals surface area contributed by atoms with Gasteiger partial charge >= 0.3 is 7.12 Å². The van der Waals surface area contributed by atoms with Gasteiger partial charge in [-0.15, -0.1) is 5.16 Å². The SMILES string of the molecule is Cc1cc(C(C)Nc2ccc(Cl)nc2-c2ccc3c(c2)C=NOB3O)c2oc(N3CCNCC3)c(C)c(=O)c2c1. The van der Waals surface area contributed by atoms with E-state index >= 15 is 0 Å². The van der Waals surface area contributed by atoms with Gasteiger partial charge in [0.25, 0.3) is 0 Å². The van der Waals surface area contributed by atoms with Gasteiger partial charge in [0, 0.05) is 42.8 Å². The third-order valence-electron chi connectivity index (χ3n) is 7.45. The Kier molecular flexibility index (Phi) is 6.99. The lowest BCUT2D eigenvalue weighted by atomic mass is 9.75. The first-order valence-electron chi connectivity index (χ1n) is 13.3. The first-order valence-corrected chi connectivity index (χ1v) is 13.7. The van der Waals surface area contributed by atoms with E-state index in [-0.39, 0.29) is 11.5 Å². The fourth-order valence-electron chi connectivity index (χ4n) is 5.39. The van der Waals surface area contributed by atoms with Crippen molar-refractivity contribution in [3.63, 3.8) is 0 Å². The fourth-order valence-corrected chi connectivity index (χ4v) is 5.54. The van der Waals surface area contributed by atoms with Crippen LogP contribution in [-0.4, -0.2) is 49.5 Å². The zero-order chi connectivity index (χ0) is 28.0. The van der Waals surface area contributed by atoms with Gasteiger partial charge in [-0.1, -0.05) is 29.8 Å². The van der Waals surface area contributed by atoms with Crippen molar-refractivity contribution in [2.75, 3.05) is 36.4 Å². The van der Waals surface area contributed by atoms with Crippen LogP contribution in [0, 0.1) is 13.8 Å². The molecular formula is C29H29BClN5O4. The summed E-state index contributed by atoms with van der Waals surface area (Å²) in [6.07, 6.45) is 1.56. The number of piperazine rings is 1. The molecule has 1 fully saturated rings. The molecule has 2 aliphatic heterocycles. The maximum Gasteiger partial charge on any atom is 0.583 e. The van der Waals surface area contributed by atoms with Crippen LogP contribution in [0.3, 0.4) is 0 Å². The first-order chi connectivity index (χ1) is 19.3. The second kappa shape index (κ2) is 10.6. The monoisotopic (exact) mass is 557 g/mol. The Morgan fingerprint density at radius 1 is 1.15 bits per heavy atom. The maximum absolute atomic E-state index is 13.5. The van der Waals surface area contributed by atoms with E-state index in [1.54, 1.807) is 18.3 Å². The third-order valence-corrected chi connectivity index (χ3v) is 7.66. The van der Waals surface area contributed by atoms with Crippen molar-refractivity contribution in [3.8, 4) is 11.3 Å². The van der Waals surface area contributed by atoms with Gasteiger partial charge in [-0.25, -0.2) is 4.98 Å². The normalized spacial score (nSPS) is 15.6. The van der Waals surface area contributed by atoms with Crippen LogP contribution in [-0.2, 0) is 4.76 Å². The average Bonchev–Trinajstić information content (AvgIpc) is 2.96. The summed E-state index contributed by atoms with van der Waals surface area (Å²) in [5.74, 6) is 0.632. The molecule has 0 spiro atoms. The summed E-state index contributed by atoms with van der Waals surface area (Å²) < 4.78 is 11.5. The Labute approximate surface area is 236 Å². The van der Waals surface area contributed by atoms with E-state index in [4.69, 9.17) is 20.8 Å². The number of nitrogens with zero attached hydrogens (tertiary/aromatic N) is 3. The molecule has 1 saturated heterocycles. The lowest BCUT2D eigenvalue weighted by Crippen LogP contribution is -2.44. The minimum absolute atomic E-state index is 0.0114. The van der Waals surface area contributed by atoms with Gasteiger partial charge in [0.05, 0.1) is 34.6 Å². The summed E-state index contributed by atoms with van der Waals surface area (Å²) in [4.78, 5) is 20.3. The van der Waals surface area contributed by atoms with Crippen molar-refractivity contribution in [3.05, 3.63) is 80.1 Å². The number of aromatic nitrogens is 1. The Bertz CT molecular complexity index is 1700. The molecule has 0 aliphatic carbocycles. The Morgan fingerprint density at radius 2 is 1.95 bits per heavy atom. The van der Waals surface area contributed by atoms with E-state index in [0.29, 0.717) is 38.7 Å². The zero-order valence-electron chi connectivity index (χ0n) is 22.5. The number of aryl methyl sites for hydroxylation is 1. The molecule has 4 heterocycles. The molecule has 9 nitrogen and oxygen atoms in total. The molecule has 0 saturated carbocycles. The number of halogens is 1. The molecule has 2 aliphatic rings. The standard InChI is InChI=1S/C29H29BClN5O4/c1-16-12-21(28-22(13-16)27(37)17(2)29(39-28)36-10-8-32-9-11-36)18(3)34-24-6-7-25(31)35-26(24)19-4-5-23-20(14-19)15-33-40-30(23)38/h4-7,12-15,18,32,34,38H,8-11H2,1-3H3. The molecular weight excluding hydrogens is 529 g/mol. The maximum atomic E-state index is 13.5. The largest absolute Gasteiger partial charge is 0.583 e. The van der Waals surface area contributed by atoms with E-state index in [1.165, 1.54) is 0 Å². The number of pyridine rings is 1. The smallest absolute Gasteiger partial charge is 0.440 e. The van der Waals surface area contributed by atoms with Gasteiger partial charge in [-0.05, 0) is 56.2 Å². The molecule has 0 radical (unpaired) electrons. The summed E-state index contributed by atoms with van der Waals surface area (Å²) in [7, 11) is -1.11. The average molecular weight is 558 g/mol. The summed E-state index contributed by atoms with van der Waals surface area (Å²) in [5, 5.41) is 21.7. The van der Waals surface area contributed by atoms with Crippen LogP contribution in [0.15, 0.2) is 56.8 Å². The minimum atomic E-state index is -1.11.